The van der Waals surface area contributed by atoms with Gasteiger partial charge in [-0.05, 0) is 52.1 Å². The summed E-state index contributed by atoms with van der Waals surface area (Å²) in [7, 11) is -2.38. The molecule has 1 fully saturated rings. The highest BCUT2D eigenvalue weighted by atomic mass is 32.2. The fourth-order valence-corrected chi connectivity index (χ4v) is 12.1. The van der Waals surface area contributed by atoms with Crippen molar-refractivity contribution in [3.8, 4) is 0 Å². The van der Waals surface area contributed by atoms with Crippen molar-refractivity contribution >= 4 is 42.2 Å². The molecule has 2 aromatic rings. The van der Waals surface area contributed by atoms with E-state index in [0.29, 0.717) is 5.92 Å². The molecule has 0 amide bonds. The van der Waals surface area contributed by atoms with Gasteiger partial charge in [0.1, 0.15) is 0 Å². The molecule has 1 heterocycles. The van der Waals surface area contributed by atoms with Crippen molar-refractivity contribution in [2.45, 2.75) is 56.6 Å². The summed E-state index contributed by atoms with van der Waals surface area (Å²) in [5.41, 5.74) is 0. The third-order valence-corrected chi connectivity index (χ3v) is 13.9. The molecule has 3 rings (SSSR count). The van der Waals surface area contributed by atoms with E-state index >= 15 is 0 Å². The number of hydrogen-bond acceptors (Lipinski definition) is 3. The summed E-state index contributed by atoms with van der Waals surface area (Å²) in [5.74, 6) is 3.38. The van der Waals surface area contributed by atoms with Gasteiger partial charge in [-0.2, -0.15) is 0 Å². The van der Waals surface area contributed by atoms with Crippen molar-refractivity contribution in [2.75, 3.05) is 18.1 Å². The molecule has 2 aromatic carbocycles. The lowest BCUT2D eigenvalue weighted by atomic mass is 10.1. The fourth-order valence-electron chi connectivity index (χ4n) is 4.29. The molecule has 0 saturated carbocycles. The van der Waals surface area contributed by atoms with Crippen LogP contribution in [0.25, 0.3) is 0 Å². The molecule has 1 atom stereocenters. The third-order valence-electron chi connectivity index (χ3n) is 5.84. The second-order valence-electron chi connectivity index (χ2n) is 9.17. The van der Waals surface area contributed by atoms with Crippen LogP contribution in [0.1, 0.15) is 47.0 Å². The lowest BCUT2D eigenvalue weighted by Crippen LogP contribution is -2.66. The number of hydrogen-bond donors (Lipinski definition) is 0. The molecule has 0 aromatic heterocycles. The smallest absolute Gasteiger partial charge is 0.261 e. The number of benzene rings is 2. The molecule has 0 spiro atoms. The average molecular weight is 445 g/mol. The quantitative estimate of drug-likeness (QED) is 0.450. The Hall–Kier alpha value is -0.683. The van der Waals surface area contributed by atoms with Crippen LogP contribution in [0.3, 0.4) is 0 Å². The van der Waals surface area contributed by atoms with Crippen molar-refractivity contribution in [3.05, 3.63) is 60.7 Å². The van der Waals surface area contributed by atoms with Gasteiger partial charge in [0.15, 0.2) is 0 Å². The second kappa shape index (κ2) is 10.6. The molecule has 0 aliphatic carbocycles. The fraction of sp³-hybridized carbons (Fsp3) is 0.520. The van der Waals surface area contributed by atoms with Crippen LogP contribution >= 0.6 is 23.5 Å². The predicted molar refractivity (Wildman–Crippen MR) is 135 cm³/mol. The Bertz CT molecular complexity index is 684. The summed E-state index contributed by atoms with van der Waals surface area (Å²) in [5, 5.41) is 2.82. The van der Waals surface area contributed by atoms with Crippen molar-refractivity contribution in [1.82, 2.24) is 0 Å². The van der Waals surface area contributed by atoms with Gasteiger partial charge in [-0.25, -0.2) is 0 Å². The van der Waals surface area contributed by atoms with Gasteiger partial charge >= 0.3 is 0 Å². The van der Waals surface area contributed by atoms with Crippen LogP contribution < -0.4 is 10.4 Å². The Labute approximate surface area is 187 Å². The summed E-state index contributed by atoms with van der Waals surface area (Å²) in [6, 6.07) is 22.0. The Morgan fingerprint density at radius 3 is 1.93 bits per heavy atom. The Balaban J connectivity index is 1.78. The minimum Gasteiger partial charge on any atom is -0.407 e. The highest BCUT2D eigenvalue weighted by Crippen LogP contribution is 2.38. The lowest BCUT2D eigenvalue weighted by Gasteiger charge is -2.43. The zero-order valence-electron chi connectivity index (χ0n) is 18.4. The van der Waals surface area contributed by atoms with E-state index in [1.807, 2.05) is 0 Å². The summed E-state index contributed by atoms with van der Waals surface area (Å²) < 4.78 is 7.84. The summed E-state index contributed by atoms with van der Waals surface area (Å²) in [4.78, 5) is 0. The van der Waals surface area contributed by atoms with E-state index in [4.69, 9.17) is 4.43 Å². The van der Waals surface area contributed by atoms with Gasteiger partial charge in [-0.1, -0.05) is 88.4 Å². The summed E-state index contributed by atoms with van der Waals surface area (Å²) >= 11 is 4.32. The topological polar surface area (TPSA) is 9.23 Å². The van der Waals surface area contributed by atoms with Crippen molar-refractivity contribution in [2.24, 2.45) is 5.92 Å². The van der Waals surface area contributed by atoms with E-state index in [9.17, 15) is 0 Å². The van der Waals surface area contributed by atoms with Gasteiger partial charge in [0, 0.05) is 6.61 Å². The summed E-state index contributed by atoms with van der Waals surface area (Å²) in [6.45, 7) is 10.3. The van der Waals surface area contributed by atoms with E-state index in [1.54, 1.807) is 0 Å². The first kappa shape index (κ1) is 23.0. The van der Waals surface area contributed by atoms with E-state index in [-0.39, 0.29) is 5.04 Å². The van der Waals surface area contributed by atoms with Crippen molar-refractivity contribution in [1.29, 1.82) is 0 Å². The van der Waals surface area contributed by atoms with Gasteiger partial charge < -0.3 is 4.43 Å². The van der Waals surface area contributed by atoms with Crippen LogP contribution in [0.2, 0.25) is 5.04 Å². The monoisotopic (exact) mass is 444 g/mol. The molecular formula is C25H36OS2Si. The van der Waals surface area contributed by atoms with Crippen molar-refractivity contribution in [3.63, 3.8) is 0 Å². The minimum absolute atomic E-state index is 0.0635. The zero-order chi connectivity index (χ0) is 20.7. The number of rotatable bonds is 8. The molecule has 0 bridgehead atoms. The molecule has 0 N–H and O–H groups in total. The third kappa shape index (κ3) is 5.72. The van der Waals surface area contributed by atoms with Gasteiger partial charge in [-0.15, -0.1) is 23.5 Å². The SMILES string of the molecule is C[C@H](CCO[Si](c1ccccc1)(c1ccccc1)C(C)(C)C)CC1SCCCS1. The first-order chi connectivity index (χ1) is 13.9. The molecule has 4 heteroatoms. The maximum atomic E-state index is 7.05. The zero-order valence-corrected chi connectivity index (χ0v) is 21.0. The number of thioether (sulfide) groups is 2. The summed E-state index contributed by atoms with van der Waals surface area (Å²) in [6.07, 6.45) is 3.82. The molecule has 1 aliphatic rings. The van der Waals surface area contributed by atoms with E-state index in [0.717, 1.165) is 17.6 Å². The van der Waals surface area contributed by atoms with Crippen LogP contribution in [0.4, 0.5) is 0 Å². The van der Waals surface area contributed by atoms with Gasteiger partial charge in [0.25, 0.3) is 8.32 Å². The highest BCUT2D eigenvalue weighted by Gasteiger charge is 2.50. The van der Waals surface area contributed by atoms with Crippen LogP contribution in [0.5, 0.6) is 0 Å². The van der Waals surface area contributed by atoms with Gasteiger partial charge in [-0.3, -0.25) is 0 Å². The molecule has 1 nitrogen and oxygen atoms in total. The normalized spacial score (nSPS) is 17.2. The predicted octanol–water partition coefficient (Wildman–Crippen LogP) is 6.18. The van der Waals surface area contributed by atoms with Crippen LogP contribution in [0, 0.1) is 5.92 Å². The second-order valence-corrected chi connectivity index (χ2v) is 16.4. The minimum atomic E-state index is -2.38. The molecule has 0 radical (unpaired) electrons. The average Bonchev–Trinajstić information content (AvgIpc) is 2.72. The van der Waals surface area contributed by atoms with E-state index in [1.165, 1.54) is 34.7 Å². The molecule has 1 saturated heterocycles. The maximum Gasteiger partial charge on any atom is 0.261 e. The van der Waals surface area contributed by atoms with Gasteiger partial charge in [0.2, 0.25) is 0 Å². The molecule has 1 aliphatic heterocycles. The lowest BCUT2D eigenvalue weighted by molar-refractivity contribution is 0.266. The first-order valence-electron chi connectivity index (χ1n) is 10.9. The van der Waals surface area contributed by atoms with Crippen LogP contribution in [-0.4, -0.2) is 31.0 Å². The Morgan fingerprint density at radius 2 is 1.45 bits per heavy atom. The molecule has 0 unspecified atom stereocenters. The van der Waals surface area contributed by atoms with Crippen molar-refractivity contribution < 1.29 is 4.43 Å². The molecule has 29 heavy (non-hydrogen) atoms. The molecular weight excluding hydrogens is 408 g/mol. The maximum absolute atomic E-state index is 7.05. The van der Waals surface area contributed by atoms with E-state index in [2.05, 4.69) is 112 Å². The van der Waals surface area contributed by atoms with Crippen LogP contribution in [0.15, 0.2) is 60.7 Å². The van der Waals surface area contributed by atoms with E-state index < -0.39 is 8.32 Å². The Morgan fingerprint density at radius 1 is 0.931 bits per heavy atom. The van der Waals surface area contributed by atoms with Gasteiger partial charge in [0.05, 0.1) is 4.58 Å². The highest BCUT2D eigenvalue weighted by molar-refractivity contribution is 8.17. The largest absolute Gasteiger partial charge is 0.407 e. The first-order valence-corrected chi connectivity index (χ1v) is 14.9. The van der Waals surface area contributed by atoms with Crippen LogP contribution in [-0.2, 0) is 4.43 Å². The Kier molecular flexibility index (Phi) is 8.38. The standard InChI is InChI=1S/C25H36OS2Si/c1-21(20-24-27-18-11-19-28-24)16-17-26-29(25(2,3)4,22-12-7-5-8-13-22)23-14-9-6-10-15-23/h5-10,12-15,21,24H,11,16-20H2,1-4H3/t21-/m1/s1. The molecule has 158 valence electrons.